The van der Waals surface area contributed by atoms with Crippen molar-refractivity contribution < 1.29 is 4.11 Å². The molecule has 0 bridgehead atoms. The van der Waals surface area contributed by atoms with Gasteiger partial charge < -0.3 is 0 Å². The summed E-state index contributed by atoms with van der Waals surface area (Å²) in [7, 11) is 0. The number of nitrogens with zero attached hydrogens (tertiary/aromatic N) is 1. The van der Waals surface area contributed by atoms with Crippen molar-refractivity contribution in [3.05, 3.63) is 90.6 Å². The van der Waals surface area contributed by atoms with Crippen molar-refractivity contribution in [2.75, 3.05) is 0 Å². The third-order valence-electron chi connectivity index (χ3n) is 4.66. The highest BCUT2D eigenvalue weighted by Gasteiger charge is 2.10. The SMILES string of the molecule is [2H]C([2H])([2H])c1ccc(-c2ccc(-c3cccc4sc5ccccc5c34)cc2)nc1. The quantitative estimate of drug-likeness (QED) is 0.330. The summed E-state index contributed by atoms with van der Waals surface area (Å²) < 4.78 is 25.0. The van der Waals surface area contributed by atoms with E-state index in [1.165, 1.54) is 31.9 Å². The van der Waals surface area contributed by atoms with Gasteiger partial charge in [0.2, 0.25) is 0 Å². The van der Waals surface area contributed by atoms with E-state index in [0.29, 0.717) is 0 Å². The molecule has 0 fully saturated rings. The molecular weight excluding hydrogens is 334 g/mol. The highest BCUT2D eigenvalue weighted by atomic mass is 32.1. The molecule has 2 aromatic heterocycles. The van der Waals surface area contributed by atoms with Crippen LogP contribution in [-0.4, -0.2) is 4.98 Å². The maximum Gasteiger partial charge on any atom is 0.0702 e. The average molecular weight is 354 g/mol. The topological polar surface area (TPSA) is 12.9 Å². The number of aryl methyl sites for hydroxylation is 1. The Morgan fingerprint density at radius 2 is 1.58 bits per heavy atom. The number of rotatable bonds is 2. The van der Waals surface area contributed by atoms with Crippen LogP contribution in [0.3, 0.4) is 0 Å². The summed E-state index contributed by atoms with van der Waals surface area (Å²) in [5, 5.41) is 2.58. The standard InChI is InChI=1S/C24H17NS/c1-16-9-14-21(25-15-16)18-12-10-17(11-13-18)19-6-4-8-23-24(19)20-5-2-3-7-22(20)26-23/h2-15H,1H3/i1D3. The fourth-order valence-electron chi connectivity index (χ4n) is 3.40. The van der Waals surface area contributed by atoms with E-state index in [4.69, 9.17) is 4.11 Å². The number of fused-ring (bicyclic) bond motifs is 3. The van der Waals surface area contributed by atoms with Crippen molar-refractivity contribution >= 4 is 31.5 Å². The minimum atomic E-state index is -2.13. The summed E-state index contributed by atoms with van der Waals surface area (Å²) in [6.45, 7) is -2.13. The maximum atomic E-state index is 7.48. The summed E-state index contributed by atoms with van der Waals surface area (Å²) >= 11 is 1.82. The van der Waals surface area contributed by atoms with Crippen molar-refractivity contribution in [1.29, 1.82) is 0 Å². The third-order valence-corrected chi connectivity index (χ3v) is 5.79. The Hall–Kier alpha value is -2.97. The normalized spacial score (nSPS) is 13.5. The third kappa shape index (κ3) is 2.51. The van der Waals surface area contributed by atoms with Gasteiger partial charge in [-0.2, -0.15) is 0 Å². The van der Waals surface area contributed by atoms with Gasteiger partial charge in [0, 0.05) is 36.0 Å². The molecule has 5 aromatic rings. The second-order valence-corrected chi connectivity index (χ2v) is 7.37. The van der Waals surface area contributed by atoms with Crippen molar-refractivity contribution in [1.82, 2.24) is 4.98 Å². The lowest BCUT2D eigenvalue weighted by molar-refractivity contribution is 1.27. The van der Waals surface area contributed by atoms with Gasteiger partial charge in [0.15, 0.2) is 0 Å². The Labute approximate surface area is 160 Å². The van der Waals surface area contributed by atoms with Crippen molar-refractivity contribution in [2.45, 2.75) is 6.85 Å². The average Bonchev–Trinajstić information content (AvgIpc) is 3.12. The molecule has 0 amide bonds. The Morgan fingerprint density at radius 3 is 2.38 bits per heavy atom. The van der Waals surface area contributed by atoms with Crippen LogP contribution in [0.1, 0.15) is 9.68 Å². The molecule has 0 spiro atoms. The molecule has 0 unspecified atom stereocenters. The monoisotopic (exact) mass is 354 g/mol. The van der Waals surface area contributed by atoms with E-state index in [2.05, 4.69) is 59.6 Å². The van der Waals surface area contributed by atoms with Crippen LogP contribution in [0.4, 0.5) is 0 Å². The predicted octanol–water partition coefficient (Wildman–Crippen LogP) is 7.09. The molecule has 26 heavy (non-hydrogen) atoms. The van der Waals surface area contributed by atoms with Gasteiger partial charge in [0.05, 0.1) is 5.69 Å². The first-order valence-corrected chi connectivity index (χ1v) is 9.30. The minimum absolute atomic E-state index is 0.258. The van der Waals surface area contributed by atoms with Crippen molar-refractivity contribution in [3.8, 4) is 22.4 Å². The van der Waals surface area contributed by atoms with Crippen LogP contribution >= 0.6 is 11.3 Å². The number of benzene rings is 3. The Balaban J connectivity index is 1.56. The highest BCUT2D eigenvalue weighted by Crippen LogP contribution is 2.40. The lowest BCUT2D eigenvalue weighted by Gasteiger charge is -2.07. The summed E-state index contributed by atoms with van der Waals surface area (Å²) in [6, 6.07) is 26.7. The highest BCUT2D eigenvalue weighted by molar-refractivity contribution is 7.25. The van der Waals surface area contributed by atoms with E-state index >= 15 is 0 Å². The van der Waals surface area contributed by atoms with Crippen LogP contribution in [0.5, 0.6) is 0 Å². The van der Waals surface area contributed by atoms with Gasteiger partial charge in [-0.25, -0.2) is 0 Å². The summed E-state index contributed by atoms with van der Waals surface area (Å²) in [4.78, 5) is 4.34. The first kappa shape index (κ1) is 12.4. The molecule has 0 saturated heterocycles. The molecule has 0 saturated carbocycles. The molecule has 0 aliphatic rings. The summed E-state index contributed by atoms with van der Waals surface area (Å²) in [6.07, 6.45) is 1.44. The van der Waals surface area contributed by atoms with E-state index in [9.17, 15) is 0 Å². The summed E-state index contributed by atoms with van der Waals surface area (Å²) in [5.74, 6) is 0. The zero-order chi connectivity index (χ0) is 20.0. The van der Waals surface area contributed by atoms with Crippen LogP contribution in [0.15, 0.2) is 85.1 Å². The van der Waals surface area contributed by atoms with Crippen molar-refractivity contribution in [3.63, 3.8) is 0 Å². The number of hydrogen-bond acceptors (Lipinski definition) is 2. The van der Waals surface area contributed by atoms with Crippen LogP contribution < -0.4 is 0 Å². The van der Waals surface area contributed by atoms with E-state index in [1.807, 2.05) is 23.5 Å². The molecule has 0 N–H and O–H groups in total. The summed E-state index contributed by atoms with van der Waals surface area (Å²) in [5.41, 5.74) is 4.37. The molecule has 2 heterocycles. The molecule has 0 radical (unpaired) electrons. The minimum Gasteiger partial charge on any atom is -0.256 e. The largest absolute Gasteiger partial charge is 0.256 e. The van der Waals surface area contributed by atoms with Gasteiger partial charge in [-0.1, -0.05) is 60.7 Å². The fraction of sp³-hybridized carbons (Fsp3) is 0.0417. The first-order valence-electron chi connectivity index (χ1n) is 9.98. The van der Waals surface area contributed by atoms with Gasteiger partial charge in [-0.15, -0.1) is 11.3 Å². The molecule has 0 atom stereocenters. The van der Waals surface area contributed by atoms with Gasteiger partial charge in [0.25, 0.3) is 0 Å². The van der Waals surface area contributed by atoms with Gasteiger partial charge >= 0.3 is 0 Å². The van der Waals surface area contributed by atoms with Gasteiger partial charge in [-0.05, 0) is 41.7 Å². The van der Waals surface area contributed by atoms with Crippen LogP contribution in [0.2, 0.25) is 0 Å². The molecule has 124 valence electrons. The second kappa shape index (κ2) is 6.08. The zero-order valence-corrected chi connectivity index (χ0v) is 14.8. The predicted molar refractivity (Wildman–Crippen MR) is 113 cm³/mol. The van der Waals surface area contributed by atoms with E-state index < -0.39 is 6.85 Å². The lowest BCUT2D eigenvalue weighted by atomic mass is 9.98. The molecule has 0 aliphatic carbocycles. The molecule has 3 aromatic carbocycles. The van der Waals surface area contributed by atoms with E-state index in [1.54, 1.807) is 12.1 Å². The second-order valence-electron chi connectivity index (χ2n) is 6.29. The lowest BCUT2D eigenvalue weighted by Crippen LogP contribution is -1.85. The zero-order valence-electron chi connectivity index (χ0n) is 16.9. The smallest absolute Gasteiger partial charge is 0.0702 e. The Morgan fingerprint density at radius 1 is 0.769 bits per heavy atom. The van der Waals surface area contributed by atoms with Crippen molar-refractivity contribution in [2.24, 2.45) is 0 Å². The van der Waals surface area contributed by atoms with Crippen LogP contribution in [-0.2, 0) is 0 Å². The Kier molecular flexibility index (Phi) is 2.90. The molecule has 0 aliphatic heterocycles. The molecule has 2 heteroatoms. The molecule has 1 nitrogen and oxygen atoms in total. The number of pyridine rings is 1. The van der Waals surface area contributed by atoms with Crippen LogP contribution in [0, 0.1) is 6.85 Å². The van der Waals surface area contributed by atoms with Gasteiger partial charge in [-0.3, -0.25) is 4.98 Å². The first-order chi connectivity index (χ1) is 14.0. The maximum absolute atomic E-state index is 7.48. The van der Waals surface area contributed by atoms with Crippen LogP contribution in [0.25, 0.3) is 42.6 Å². The fourth-order valence-corrected chi connectivity index (χ4v) is 4.53. The number of thiophene rings is 1. The Bertz CT molecular complexity index is 1320. The van der Waals surface area contributed by atoms with E-state index in [-0.39, 0.29) is 5.56 Å². The number of hydrogen-bond donors (Lipinski definition) is 0. The molecule has 5 rings (SSSR count). The van der Waals surface area contributed by atoms with E-state index in [0.717, 1.165) is 16.8 Å². The van der Waals surface area contributed by atoms with Gasteiger partial charge in [0.1, 0.15) is 0 Å². The molecular formula is C24H17NS. The number of aromatic nitrogens is 1.